The molecular weight excluding hydrogens is 282 g/mol. The van der Waals surface area contributed by atoms with Crippen LogP contribution in [-0.2, 0) is 4.79 Å². The number of para-hydroxylation sites is 1. The van der Waals surface area contributed by atoms with Crippen LogP contribution in [0.1, 0.15) is 5.56 Å². The summed E-state index contributed by atoms with van der Waals surface area (Å²) in [7, 11) is 7.21. The van der Waals surface area contributed by atoms with Crippen LogP contribution in [0.2, 0.25) is 0 Å². The Labute approximate surface area is 125 Å². The van der Waals surface area contributed by atoms with Crippen LogP contribution >= 0.6 is 0 Å². The first-order valence-corrected chi connectivity index (χ1v) is 5.82. The number of halogens is 1. The van der Waals surface area contributed by atoms with Gasteiger partial charge in [-0.1, -0.05) is 6.07 Å². The number of ether oxygens (including phenoxy) is 1. The molecule has 0 aliphatic heterocycles. The number of carbonyl (C=O) groups excluding carboxylic acids is 1. The number of phenolic OH excluding ortho intramolecular Hbond substituents is 1. The maximum absolute atomic E-state index is 11.5. The summed E-state index contributed by atoms with van der Waals surface area (Å²) in [6, 6.07) is 5.05. The number of quaternary nitrogens is 1. The fourth-order valence-electron chi connectivity index (χ4n) is 1.45. The van der Waals surface area contributed by atoms with Crippen LogP contribution < -0.4 is 22.6 Å². The first kappa shape index (κ1) is 18.2. The van der Waals surface area contributed by atoms with Crippen molar-refractivity contribution in [2.45, 2.75) is 0 Å². The molecule has 1 aromatic carbocycles. The molecule has 0 aromatic heterocycles. The van der Waals surface area contributed by atoms with Crippen molar-refractivity contribution in [2.24, 2.45) is 5.10 Å². The Bertz CT molecular complexity index is 484. The summed E-state index contributed by atoms with van der Waals surface area (Å²) in [6.07, 6.45) is 1.38. The van der Waals surface area contributed by atoms with Crippen LogP contribution in [-0.4, -0.2) is 56.5 Å². The number of nitrogens with one attached hydrogen (secondary N) is 1. The summed E-state index contributed by atoms with van der Waals surface area (Å²) in [6.45, 7) is 0.321. The van der Waals surface area contributed by atoms with Crippen molar-refractivity contribution in [2.75, 3.05) is 34.8 Å². The fourth-order valence-corrected chi connectivity index (χ4v) is 1.45. The number of hydrogen-bond donors (Lipinski definition) is 2. The number of benzene rings is 1. The van der Waals surface area contributed by atoms with Gasteiger partial charge in [-0.15, -0.1) is 0 Å². The number of rotatable bonds is 5. The van der Waals surface area contributed by atoms with Crippen LogP contribution in [0.15, 0.2) is 23.3 Å². The van der Waals surface area contributed by atoms with Gasteiger partial charge in [-0.3, -0.25) is 4.79 Å². The number of hydrogen-bond acceptors (Lipinski definition) is 4. The van der Waals surface area contributed by atoms with Crippen molar-refractivity contribution < 1.29 is 31.5 Å². The van der Waals surface area contributed by atoms with Gasteiger partial charge >= 0.3 is 0 Å². The average Bonchev–Trinajstić information content (AvgIpc) is 2.29. The minimum atomic E-state index is -0.189. The van der Waals surface area contributed by atoms with Crippen LogP contribution in [0.5, 0.6) is 11.5 Å². The Morgan fingerprint density at radius 1 is 1.45 bits per heavy atom. The topological polar surface area (TPSA) is 70.9 Å². The molecule has 0 saturated heterocycles. The Morgan fingerprint density at radius 2 is 2.10 bits per heavy atom. The van der Waals surface area contributed by atoms with Crippen molar-refractivity contribution >= 4 is 12.1 Å². The van der Waals surface area contributed by atoms with E-state index in [9.17, 15) is 9.90 Å². The molecule has 0 aliphatic rings. The van der Waals surface area contributed by atoms with Crippen molar-refractivity contribution in [1.29, 1.82) is 0 Å². The number of amides is 1. The first-order chi connectivity index (χ1) is 8.83. The smallest absolute Gasteiger partial charge is 0.295 e. The van der Waals surface area contributed by atoms with Crippen LogP contribution in [0.25, 0.3) is 0 Å². The number of carbonyl (C=O) groups is 1. The van der Waals surface area contributed by atoms with E-state index in [0.29, 0.717) is 22.3 Å². The molecule has 0 saturated carbocycles. The summed E-state index contributed by atoms with van der Waals surface area (Å²) >= 11 is 0. The fraction of sp³-hybridized carbons (Fsp3) is 0.385. The molecule has 20 heavy (non-hydrogen) atoms. The van der Waals surface area contributed by atoms with Gasteiger partial charge in [0.1, 0.15) is 0 Å². The van der Waals surface area contributed by atoms with Crippen molar-refractivity contribution in [3.8, 4) is 11.5 Å². The Morgan fingerprint density at radius 3 is 2.65 bits per heavy atom. The van der Waals surface area contributed by atoms with Crippen LogP contribution in [0, 0.1) is 0 Å². The molecule has 0 heterocycles. The molecule has 0 spiro atoms. The predicted octanol–water partition coefficient (Wildman–Crippen LogP) is -2.44. The van der Waals surface area contributed by atoms with E-state index in [4.69, 9.17) is 4.74 Å². The van der Waals surface area contributed by atoms with E-state index in [0.717, 1.165) is 0 Å². The summed E-state index contributed by atoms with van der Waals surface area (Å²) in [4.78, 5) is 11.5. The molecule has 112 valence electrons. The maximum Gasteiger partial charge on any atom is 0.295 e. The number of aromatic hydroxyl groups is 1. The standard InChI is InChI=1S/C13H19N3O3.ClH/c1-16(2,3)9-12(17)15-14-8-10-6-5-7-11(19-4)13(10)18;/h5-8H,9H2,1-4H3,(H-,14,15,17,18);1H. The Kier molecular flexibility index (Phi) is 7.02. The summed E-state index contributed by atoms with van der Waals surface area (Å²) in [5, 5.41) is 13.6. The number of methoxy groups -OCH3 is 1. The zero-order chi connectivity index (χ0) is 14.5. The van der Waals surface area contributed by atoms with Crippen LogP contribution in [0.3, 0.4) is 0 Å². The Hall–Kier alpha value is -1.79. The molecule has 0 fully saturated rings. The Balaban J connectivity index is 0.00000361. The molecule has 0 bridgehead atoms. The highest BCUT2D eigenvalue weighted by Gasteiger charge is 2.13. The van der Waals surface area contributed by atoms with Gasteiger partial charge in [-0.2, -0.15) is 5.10 Å². The van der Waals surface area contributed by atoms with Gasteiger partial charge in [-0.05, 0) is 12.1 Å². The molecular formula is C13H20ClN3O3. The van der Waals surface area contributed by atoms with E-state index in [1.807, 2.05) is 21.1 Å². The highest BCUT2D eigenvalue weighted by atomic mass is 35.5. The molecule has 2 N–H and O–H groups in total. The third kappa shape index (κ3) is 5.90. The second-order valence-electron chi connectivity index (χ2n) is 5.14. The predicted molar refractivity (Wildman–Crippen MR) is 73.3 cm³/mol. The van der Waals surface area contributed by atoms with E-state index in [2.05, 4.69) is 10.5 Å². The second kappa shape index (κ2) is 7.72. The molecule has 0 atom stereocenters. The second-order valence-corrected chi connectivity index (χ2v) is 5.14. The number of nitrogens with zero attached hydrogens (tertiary/aromatic N) is 2. The van der Waals surface area contributed by atoms with Gasteiger partial charge in [0.15, 0.2) is 18.0 Å². The molecule has 0 radical (unpaired) electrons. The van der Waals surface area contributed by atoms with Gasteiger partial charge in [-0.25, -0.2) is 5.43 Å². The minimum Gasteiger partial charge on any atom is -1.00 e. The van der Waals surface area contributed by atoms with Crippen LogP contribution in [0.4, 0.5) is 0 Å². The largest absolute Gasteiger partial charge is 1.00 e. The number of likely N-dealkylation sites (N-methyl/N-ethyl adjacent to an activating group) is 1. The lowest BCUT2D eigenvalue weighted by Crippen LogP contribution is -3.00. The summed E-state index contributed by atoms with van der Waals surface area (Å²) in [5.74, 6) is 0.169. The lowest BCUT2D eigenvalue weighted by Gasteiger charge is -2.21. The zero-order valence-electron chi connectivity index (χ0n) is 12.1. The third-order valence-corrected chi connectivity index (χ3v) is 2.26. The third-order valence-electron chi connectivity index (χ3n) is 2.26. The normalized spacial score (nSPS) is 11.0. The molecule has 7 heteroatoms. The quantitative estimate of drug-likeness (QED) is 0.361. The molecule has 0 unspecified atom stereocenters. The zero-order valence-corrected chi connectivity index (χ0v) is 12.8. The summed E-state index contributed by atoms with van der Waals surface area (Å²) in [5.41, 5.74) is 2.89. The van der Waals surface area contributed by atoms with Gasteiger partial charge in [0.25, 0.3) is 5.91 Å². The SMILES string of the molecule is COc1cccc(C=NNC(=O)C[N+](C)(C)C)c1O.[Cl-]. The minimum absolute atomic E-state index is 0. The average molecular weight is 302 g/mol. The number of hydrazone groups is 1. The van der Waals surface area contributed by atoms with E-state index >= 15 is 0 Å². The highest BCUT2D eigenvalue weighted by molar-refractivity contribution is 5.86. The maximum atomic E-state index is 11.5. The summed E-state index contributed by atoms with van der Waals surface area (Å²) < 4.78 is 5.50. The van der Waals surface area contributed by atoms with Crippen molar-refractivity contribution in [1.82, 2.24) is 5.43 Å². The van der Waals surface area contributed by atoms with Crippen molar-refractivity contribution in [3.63, 3.8) is 0 Å². The van der Waals surface area contributed by atoms with E-state index in [-0.39, 0.29) is 24.1 Å². The molecule has 1 aromatic rings. The molecule has 6 nitrogen and oxygen atoms in total. The lowest BCUT2D eigenvalue weighted by atomic mass is 10.2. The molecule has 1 amide bonds. The first-order valence-electron chi connectivity index (χ1n) is 5.82. The van der Waals surface area contributed by atoms with Gasteiger partial charge in [0.2, 0.25) is 0 Å². The molecule has 1 rings (SSSR count). The van der Waals surface area contributed by atoms with Gasteiger partial charge in [0, 0.05) is 5.56 Å². The number of phenols is 1. The van der Waals surface area contributed by atoms with Gasteiger partial charge < -0.3 is 26.7 Å². The molecule has 0 aliphatic carbocycles. The highest BCUT2D eigenvalue weighted by Crippen LogP contribution is 2.27. The van der Waals surface area contributed by atoms with E-state index < -0.39 is 0 Å². The van der Waals surface area contributed by atoms with Gasteiger partial charge in [0.05, 0.1) is 34.5 Å². The van der Waals surface area contributed by atoms with E-state index in [1.165, 1.54) is 13.3 Å². The van der Waals surface area contributed by atoms with Crippen molar-refractivity contribution in [3.05, 3.63) is 23.8 Å². The lowest BCUT2D eigenvalue weighted by molar-refractivity contribution is -0.862. The van der Waals surface area contributed by atoms with E-state index in [1.54, 1.807) is 18.2 Å². The monoisotopic (exact) mass is 301 g/mol.